The molecule has 23 heavy (non-hydrogen) atoms. The normalized spacial score (nSPS) is 12.2. The fourth-order valence-corrected chi connectivity index (χ4v) is 3.14. The van der Waals surface area contributed by atoms with Gasteiger partial charge in [-0.3, -0.25) is 0 Å². The second kappa shape index (κ2) is 6.29. The highest BCUT2D eigenvalue weighted by Gasteiger charge is 2.13. The molecule has 0 atom stereocenters. The van der Waals surface area contributed by atoms with Gasteiger partial charge in [0.1, 0.15) is 18.1 Å². The van der Waals surface area contributed by atoms with Gasteiger partial charge in [-0.25, -0.2) is 9.97 Å². The molecule has 0 aliphatic carbocycles. The molecule has 3 heterocycles. The van der Waals surface area contributed by atoms with Crippen LogP contribution in [-0.4, -0.2) is 29.2 Å². The molecule has 0 saturated heterocycles. The van der Waals surface area contributed by atoms with Crippen LogP contribution >= 0.6 is 0 Å². The molecule has 0 fully saturated rings. The highest BCUT2D eigenvalue weighted by atomic mass is 28.3. The van der Waals surface area contributed by atoms with E-state index in [1.165, 1.54) is 12.4 Å². The smallest absolute Gasteiger partial charge is 0.181 e. The van der Waals surface area contributed by atoms with Crippen LogP contribution in [0.25, 0.3) is 22.5 Å². The number of rotatable bonds is 6. The van der Waals surface area contributed by atoms with Crippen LogP contribution in [0, 0.1) is 6.92 Å². The second-order valence-corrected chi connectivity index (χ2v) is 12.6. The third kappa shape index (κ3) is 3.71. The second-order valence-electron chi connectivity index (χ2n) is 7.01. The summed E-state index contributed by atoms with van der Waals surface area (Å²) in [5.41, 5.74) is 2.56. The van der Waals surface area contributed by atoms with Crippen molar-refractivity contribution in [2.75, 3.05) is 6.61 Å². The van der Waals surface area contributed by atoms with Gasteiger partial charge in [0.05, 0.1) is 5.69 Å². The summed E-state index contributed by atoms with van der Waals surface area (Å²) in [6, 6.07) is 7.24. The number of aryl methyl sites for hydroxylation is 1. The van der Waals surface area contributed by atoms with Crippen LogP contribution in [0.2, 0.25) is 25.7 Å². The number of hydrogen-bond donors (Lipinski definition) is 0. The van der Waals surface area contributed by atoms with Crippen molar-refractivity contribution >= 4 is 19.1 Å². The molecule has 122 valence electrons. The number of aromatic nitrogens is 3. The molecular formula is C17H23N3O2Si. The number of oxazole rings is 1. The largest absolute Gasteiger partial charge is 0.442 e. The topological polar surface area (TPSA) is 53.1 Å². The van der Waals surface area contributed by atoms with Gasteiger partial charge in [0, 0.05) is 26.3 Å². The van der Waals surface area contributed by atoms with E-state index >= 15 is 0 Å². The lowest BCUT2D eigenvalue weighted by Gasteiger charge is -2.15. The molecule has 0 bridgehead atoms. The maximum absolute atomic E-state index is 5.84. The van der Waals surface area contributed by atoms with Gasteiger partial charge in [-0.15, -0.1) is 0 Å². The Morgan fingerprint density at radius 1 is 1.22 bits per heavy atom. The highest BCUT2D eigenvalue weighted by molar-refractivity contribution is 6.76. The molecule has 0 spiro atoms. The third-order valence-electron chi connectivity index (χ3n) is 3.82. The zero-order valence-corrected chi connectivity index (χ0v) is 15.2. The van der Waals surface area contributed by atoms with Gasteiger partial charge >= 0.3 is 0 Å². The molecule has 3 rings (SSSR count). The summed E-state index contributed by atoms with van der Waals surface area (Å²) >= 11 is 0. The molecule has 3 aromatic heterocycles. The molecule has 3 aromatic rings. The first kappa shape index (κ1) is 16.0. The quantitative estimate of drug-likeness (QED) is 0.499. The lowest BCUT2D eigenvalue weighted by atomic mass is 10.2. The van der Waals surface area contributed by atoms with E-state index in [2.05, 4.69) is 36.8 Å². The van der Waals surface area contributed by atoms with Crippen LogP contribution in [0.4, 0.5) is 0 Å². The van der Waals surface area contributed by atoms with Crippen molar-refractivity contribution in [1.82, 2.24) is 14.5 Å². The van der Waals surface area contributed by atoms with E-state index in [0.717, 1.165) is 34.8 Å². The van der Waals surface area contributed by atoms with Gasteiger partial charge < -0.3 is 13.7 Å². The Morgan fingerprint density at radius 3 is 2.74 bits per heavy atom. The molecule has 0 amide bonds. The first-order chi connectivity index (χ1) is 10.9. The van der Waals surface area contributed by atoms with E-state index in [0.29, 0.717) is 6.73 Å². The van der Waals surface area contributed by atoms with Gasteiger partial charge in [0.2, 0.25) is 0 Å². The van der Waals surface area contributed by atoms with E-state index in [1.54, 1.807) is 0 Å². The Kier molecular flexibility index (Phi) is 4.36. The average molecular weight is 329 g/mol. The fourth-order valence-electron chi connectivity index (χ4n) is 2.38. The molecule has 5 nitrogen and oxygen atoms in total. The average Bonchev–Trinajstić information content (AvgIpc) is 3.08. The first-order valence-electron chi connectivity index (χ1n) is 7.88. The zero-order chi connectivity index (χ0) is 16.4. The molecule has 0 N–H and O–H groups in total. The predicted molar refractivity (Wildman–Crippen MR) is 94.1 cm³/mol. The maximum Gasteiger partial charge on any atom is 0.181 e. The third-order valence-corrected chi connectivity index (χ3v) is 5.52. The summed E-state index contributed by atoms with van der Waals surface area (Å²) < 4.78 is 13.3. The van der Waals surface area contributed by atoms with Crippen molar-refractivity contribution in [3.63, 3.8) is 0 Å². The van der Waals surface area contributed by atoms with Crippen LogP contribution < -0.4 is 0 Å². The summed E-state index contributed by atoms with van der Waals surface area (Å²) in [5, 5.41) is 1.10. The van der Waals surface area contributed by atoms with Crippen LogP contribution in [0.1, 0.15) is 5.69 Å². The summed E-state index contributed by atoms with van der Waals surface area (Å²) in [5.74, 6) is 0.722. The summed E-state index contributed by atoms with van der Waals surface area (Å²) in [6.07, 6.45) is 3.47. The molecule has 0 unspecified atom stereocenters. The van der Waals surface area contributed by atoms with Crippen molar-refractivity contribution in [2.45, 2.75) is 39.3 Å². The summed E-state index contributed by atoms with van der Waals surface area (Å²) in [6.45, 7) is 10.3. The molecule has 0 aliphatic rings. The number of nitrogens with zero attached hydrogens (tertiary/aromatic N) is 3. The van der Waals surface area contributed by atoms with E-state index in [4.69, 9.17) is 14.1 Å². The van der Waals surface area contributed by atoms with Gasteiger partial charge in [0.15, 0.2) is 12.2 Å². The van der Waals surface area contributed by atoms with Crippen molar-refractivity contribution in [3.8, 4) is 11.5 Å². The van der Waals surface area contributed by atoms with E-state index in [-0.39, 0.29) is 0 Å². The zero-order valence-electron chi connectivity index (χ0n) is 14.2. The first-order valence-corrected chi connectivity index (χ1v) is 11.6. The van der Waals surface area contributed by atoms with E-state index in [1.807, 2.05) is 23.8 Å². The highest BCUT2D eigenvalue weighted by Crippen LogP contribution is 2.24. The van der Waals surface area contributed by atoms with Crippen LogP contribution in [0.15, 0.2) is 35.2 Å². The maximum atomic E-state index is 5.84. The van der Waals surface area contributed by atoms with E-state index < -0.39 is 8.07 Å². The van der Waals surface area contributed by atoms with Crippen molar-refractivity contribution in [3.05, 3.63) is 36.5 Å². The fraction of sp³-hybridized carbons (Fsp3) is 0.412. The Morgan fingerprint density at radius 2 is 2.04 bits per heavy atom. The minimum atomic E-state index is -1.05. The number of hydrogen-bond acceptors (Lipinski definition) is 4. The number of ether oxygens (including phenoxy) is 1. The summed E-state index contributed by atoms with van der Waals surface area (Å²) in [7, 11) is -1.05. The van der Waals surface area contributed by atoms with Gasteiger partial charge in [-0.05, 0) is 31.2 Å². The molecule has 0 saturated carbocycles. The Bertz CT molecular complexity index is 802. The van der Waals surface area contributed by atoms with Crippen molar-refractivity contribution < 1.29 is 9.15 Å². The van der Waals surface area contributed by atoms with Crippen LogP contribution in [-0.2, 0) is 11.5 Å². The van der Waals surface area contributed by atoms with Crippen LogP contribution in [0.5, 0.6) is 0 Å². The Balaban J connectivity index is 1.78. The molecule has 0 radical (unpaired) electrons. The molecule has 6 heteroatoms. The molecule has 0 aromatic carbocycles. The molecular weight excluding hydrogens is 306 g/mol. The van der Waals surface area contributed by atoms with Crippen molar-refractivity contribution in [1.29, 1.82) is 0 Å². The van der Waals surface area contributed by atoms with Crippen molar-refractivity contribution in [2.24, 2.45) is 0 Å². The lowest BCUT2D eigenvalue weighted by Crippen LogP contribution is -2.22. The molecule has 0 aliphatic heterocycles. The monoisotopic (exact) mass is 329 g/mol. The predicted octanol–water partition coefficient (Wildman–Crippen LogP) is 4.31. The minimum Gasteiger partial charge on any atom is -0.442 e. The van der Waals surface area contributed by atoms with Crippen LogP contribution in [0.3, 0.4) is 0 Å². The standard InChI is InChI=1S/C17H23N3O2Si/c1-13-16(22-11-18-13)15-6-5-14-7-8-20(17(14)19-15)12-21-9-10-23(2,3)4/h5-8,11H,9-10,12H2,1-4H3. The van der Waals surface area contributed by atoms with Gasteiger partial charge in [0.25, 0.3) is 0 Å². The lowest BCUT2D eigenvalue weighted by molar-refractivity contribution is 0.0899. The Labute approximate surface area is 137 Å². The minimum absolute atomic E-state index is 0.528. The Hall–Kier alpha value is -1.92. The number of pyridine rings is 1. The van der Waals surface area contributed by atoms with E-state index in [9.17, 15) is 0 Å². The van der Waals surface area contributed by atoms with Gasteiger partial charge in [-0.2, -0.15) is 0 Å². The van der Waals surface area contributed by atoms with Gasteiger partial charge in [-0.1, -0.05) is 19.6 Å². The number of fused-ring (bicyclic) bond motifs is 1. The SMILES string of the molecule is Cc1ncoc1-c1ccc2ccn(COCC[Si](C)(C)C)c2n1. The summed E-state index contributed by atoms with van der Waals surface area (Å²) in [4.78, 5) is 8.86.